The molecule has 0 radical (unpaired) electrons. The van der Waals surface area contributed by atoms with E-state index in [1.807, 2.05) is 0 Å². The van der Waals surface area contributed by atoms with Crippen LogP contribution in [0.25, 0.3) is 0 Å². The van der Waals surface area contributed by atoms with Gasteiger partial charge in [0.05, 0.1) is 5.69 Å². The zero-order valence-electron chi connectivity index (χ0n) is 7.96. The van der Waals surface area contributed by atoms with Crippen molar-refractivity contribution in [2.45, 2.75) is 12.8 Å². The molecule has 1 amide bonds. The van der Waals surface area contributed by atoms with Crippen molar-refractivity contribution in [3.05, 3.63) is 28.5 Å². The van der Waals surface area contributed by atoms with Crippen molar-refractivity contribution in [1.29, 1.82) is 0 Å². The van der Waals surface area contributed by atoms with Crippen LogP contribution in [0.5, 0.6) is 0 Å². The summed E-state index contributed by atoms with van der Waals surface area (Å²) in [5, 5.41) is 10.9. The van der Waals surface area contributed by atoms with E-state index < -0.39 is 5.82 Å². The Kier molecular flexibility index (Phi) is 4.71. The number of carbonyl (C=O) groups excluding carboxylic acids is 1. The van der Waals surface area contributed by atoms with Crippen LogP contribution in [0, 0.1) is 5.82 Å². The predicted molar refractivity (Wildman–Crippen MR) is 59.0 cm³/mol. The molecule has 0 aromatic heterocycles. The zero-order valence-corrected chi connectivity index (χ0v) is 9.55. The van der Waals surface area contributed by atoms with Crippen molar-refractivity contribution in [1.82, 2.24) is 0 Å². The van der Waals surface area contributed by atoms with E-state index in [4.69, 9.17) is 5.11 Å². The van der Waals surface area contributed by atoms with Gasteiger partial charge in [0.1, 0.15) is 5.82 Å². The molecule has 0 aliphatic heterocycles. The van der Waals surface area contributed by atoms with Crippen LogP contribution in [0.4, 0.5) is 10.1 Å². The Morgan fingerprint density at radius 1 is 1.53 bits per heavy atom. The number of nitrogens with one attached hydrogen (secondary N) is 1. The molecule has 82 valence electrons. The first kappa shape index (κ1) is 12.1. The van der Waals surface area contributed by atoms with Crippen LogP contribution < -0.4 is 5.32 Å². The summed E-state index contributed by atoms with van der Waals surface area (Å²) in [6.45, 7) is -0.0454. The topological polar surface area (TPSA) is 49.3 Å². The summed E-state index contributed by atoms with van der Waals surface area (Å²) in [6, 6.07) is 4.41. The van der Waals surface area contributed by atoms with Crippen LogP contribution in [-0.4, -0.2) is 17.6 Å². The second kappa shape index (κ2) is 5.82. The first-order chi connectivity index (χ1) is 7.13. The molecular formula is C10H11BrFNO2. The molecule has 0 aliphatic rings. The smallest absolute Gasteiger partial charge is 0.224 e. The van der Waals surface area contributed by atoms with Crippen LogP contribution in [0.1, 0.15) is 12.8 Å². The Balaban J connectivity index is 2.60. The van der Waals surface area contributed by atoms with Crippen molar-refractivity contribution in [3.8, 4) is 0 Å². The lowest BCUT2D eigenvalue weighted by Crippen LogP contribution is -2.12. The van der Waals surface area contributed by atoms with Gasteiger partial charge in [-0.05, 0) is 24.6 Å². The van der Waals surface area contributed by atoms with Gasteiger partial charge in [-0.15, -0.1) is 0 Å². The highest BCUT2D eigenvalue weighted by Crippen LogP contribution is 2.19. The van der Waals surface area contributed by atoms with Gasteiger partial charge in [-0.2, -0.15) is 0 Å². The summed E-state index contributed by atoms with van der Waals surface area (Å²) in [5.74, 6) is -0.785. The molecule has 0 unspecified atom stereocenters. The number of rotatable bonds is 4. The number of carbonyl (C=O) groups is 1. The second-order valence-corrected chi connectivity index (χ2v) is 3.92. The van der Waals surface area contributed by atoms with Gasteiger partial charge in [-0.1, -0.05) is 15.9 Å². The third-order valence-corrected chi connectivity index (χ3v) is 2.26. The van der Waals surface area contributed by atoms with Crippen LogP contribution >= 0.6 is 15.9 Å². The predicted octanol–water partition coefficient (Wildman–Crippen LogP) is 2.30. The molecule has 1 aromatic rings. The van der Waals surface area contributed by atoms with Gasteiger partial charge in [0, 0.05) is 17.5 Å². The molecule has 15 heavy (non-hydrogen) atoms. The summed E-state index contributed by atoms with van der Waals surface area (Å²) in [7, 11) is 0. The van der Waals surface area contributed by atoms with Gasteiger partial charge in [0.25, 0.3) is 0 Å². The molecule has 0 bridgehead atoms. The highest BCUT2D eigenvalue weighted by molar-refractivity contribution is 9.10. The lowest BCUT2D eigenvalue weighted by molar-refractivity contribution is -0.116. The summed E-state index contributed by atoms with van der Waals surface area (Å²) < 4.78 is 13.9. The fraction of sp³-hybridized carbons (Fsp3) is 0.300. The number of aliphatic hydroxyl groups excluding tert-OH is 1. The molecule has 0 atom stereocenters. The third-order valence-electron chi connectivity index (χ3n) is 1.77. The third kappa shape index (κ3) is 3.97. The lowest BCUT2D eigenvalue weighted by atomic mass is 10.2. The number of halogens is 2. The molecule has 0 heterocycles. The maximum atomic E-state index is 13.2. The van der Waals surface area contributed by atoms with Crippen LogP contribution in [0.15, 0.2) is 22.7 Å². The van der Waals surface area contributed by atoms with Crippen molar-refractivity contribution < 1.29 is 14.3 Å². The van der Waals surface area contributed by atoms with Gasteiger partial charge >= 0.3 is 0 Å². The largest absolute Gasteiger partial charge is 0.396 e. The summed E-state index contributed by atoms with van der Waals surface area (Å²) >= 11 is 3.12. The molecule has 2 N–H and O–H groups in total. The lowest BCUT2D eigenvalue weighted by Gasteiger charge is -2.05. The Hall–Kier alpha value is -0.940. The normalized spacial score (nSPS) is 10.1. The van der Waals surface area contributed by atoms with Crippen molar-refractivity contribution in [2.24, 2.45) is 0 Å². The molecule has 3 nitrogen and oxygen atoms in total. The quantitative estimate of drug-likeness (QED) is 0.886. The van der Waals surface area contributed by atoms with Crippen molar-refractivity contribution >= 4 is 27.5 Å². The van der Waals surface area contributed by atoms with Gasteiger partial charge < -0.3 is 10.4 Å². The first-order valence-electron chi connectivity index (χ1n) is 4.49. The van der Waals surface area contributed by atoms with Crippen LogP contribution in [0.2, 0.25) is 0 Å². The monoisotopic (exact) mass is 275 g/mol. The van der Waals surface area contributed by atoms with Crippen molar-refractivity contribution in [2.75, 3.05) is 11.9 Å². The van der Waals surface area contributed by atoms with E-state index in [0.717, 1.165) is 0 Å². The Morgan fingerprint density at radius 3 is 2.87 bits per heavy atom. The fourth-order valence-electron chi connectivity index (χ4n) is 1.04. The number of benzene rings is 1. The SMILES string of the molecule is O=C(CCCO)Nc1ccc(Br)cc1F. The van der Waals surface area contributed by atoms with E-state index in [-0.39, 0.29) is 24.6 Å². The van der Waals surface area contributed by atoms with Crippen LogP contribution in [-0.2, 0) is 4.79 Å². The number of amides is 1. The standard InChI is InChI=1S/C10H11BrFNO2/c11-7-3-4-9(8(12)6-7)13-10(15)2-1-5-14/h3-4,6,14H,1-2,5H2,(H,13,15). The summed E-state index contributed by atoms with van der Waals surface area (Å²) in [6.07, 6.45) is 0.565. The van der Waals surface area contributed by atoms with Crippen molar-refractivity contribution in [3.63, 3.8) is 0 Å². The van der Waals surface area contributed by atoms with E-state index in [2.05, 4.69) is 21.2 Å². The van der Waals surface area contributed by atoms with E-state index in [1.165, 1.54) is 12.1 Å². The number of anilines is 1. The van der Waals surface area contributed by atoms with Gasteiger partial charge in [0.2, 0.25) is 5.91 Å². The molecular weight excluding hydrogens is 265 g/mol. The molecule has 5 heteroatoms. The molecule has 1 rings (SSSR count). The maximum absolute atomic E-state index is 13.2. The Labute approximate surface area is 95.4 Å². The van der Waals surface area contributed by atoms with Crippen LogP contribution in [0.3, 0.4) is 0 Å². The number of hydrogen-bond donors (Lipinski definition) is 2. The Bertz CT molecular complexity index is 357. The molecule has 0 saturated heterocycles. The fourth-order valence-corrected chi connectivity index (χ4v) is 1.38. The average Bonchev–Trinajstić information content (AvgIpc) is 2.19. The molecule has 0 spiro atoms. The summed E-state index contributed by atoms with van der Waals surface area (Å²) in [5.41, 5.74) is 0.154. The van der Waals surface area contributed by atoms with Gasteiger partial charge in [-0.25, -0.2) is 4.39 Å². The Morgan fingerprint density at radius 2 is 2.27 bits per heavy atom. The number of aliphatic hydroxyl groups is 1. The minimum Gasteiger partial charge on any atom is -0.396 e. The minimum atomic E-state index is -0.485. The number of hydrogen-bond acceptors (Lipinski definition) is 2. The molecule has 0 saturated carbocycles. The molecule has 0 fully saturated rings. The van der Waals surface area contributed by atoms with E-state index in [9.17, 15) is 9.18 Å². The molecule has 0 aliphatic carbocycles. The second-order valence-electron chi connectivity index (χ2n) is 3.00. The van der Waals surface area contributed by atoms with Gasteiger partial charge in [-0.3, -0.25) is 4.79 Å². The molecule has 1 aromatic carbocycles. The van der Waals surface area contributed by atoms with E-state index in [1.54, 1.807) is 6.07 Å². The van der Waals surface area contributed by atoms with E-state index >= 15 is 0 Å². The minimum absolute atomic E-state index is 0.0454. The highest BCUT2D eigenvalue weighted by atomic mass is 79.9. The van der Waals surface area contributed by atoms with E-state index in [0.29, 0.717) is 10.9 Å². The summed E-state index contributed by atoms with van der Waals surface area (Å²) in [4.78, 5) is 11.2. The van der Waals surface area contributed by atoms with Gasteiger partial charge in [0.15, 0.2) is 0 Å². The average molecular weight is 276 g/mol. The highest BCUT2D eigenvalue weighted by Gasteiger charge is 2.06. The first-order valence-corrected chi connectivity index (χ1v) is 5.28. The maximum Gasteiger partial charge on any atom is 0.224 e. The zero-order chi connectivity index (χ0) is 11.3.